The quantitative estimate of drug-likeness (QED) is 0.173. The monoisotopic (exact) mass is 761 g/mol. The molecule has 0 bridgehead atoms. The van der Waals surface area contributed by atoms with E-state index in [2.05, 4.69) is 37.5 Å². The van der Waals surface area contributed by atoms with Gasteiger partial charge in [0.05, 0.1) is 17.9 Å². The van der Waals surface area contributed by atoms with E-state index in [1.165, 1.54) is 12.1 Å². The summed E-state index contributed by atoms with van der Waals surface area (Å²) in [6.07, 6.45) is 4.96. The van der Waals surface area contributed by atoms with Crippen molar-refractivity contribution in [3.8, 4) is 5.75 Å². The number of piperazine rings is 1. The average molecular weight is 762 g/mol. The van der Waals surface area contributed by atoms with Crippen molar-refractivity contribution < 1.29 is 23.9 Å². The van der Waals surface area contributed by atoms with Gasteiger partial charge in [0.1, 0.15) is 11.9 Å². The minimum absolute atomic E-state index is 0.0261. The van der Waals surface area contributed by atoms with Gasteiger partial charge >= 0.3 is 0 Å². The number of benzene rings is 2. The van der Waals surface area contributed by atoms with Crippen molar-refractivity contribution in [2.24, 2.45) is 11.5 Å². The van der Waals surface area contributed by atoms with Crippen LogP contribution in [0.25, 0.3) is 16.7 Å². The molecule has 7 heterocycles. The van der Waals surface area contributed by atoms with Crippen LogP contribution in [0.5, 0.6) is 5.75 Å². The molecular weight excluding hydrogens is 718 g/mol. The van der Waals surface area contributed by atoms with E-state index in [9.17, 15) is 23.9 Å². The second-order valence-electron chi connectivity index (χ2n) is 15.4. The number of phenols is 1. The first-order valence-corrected chi connectivity index (χ1v) is 19.1. The third kappa shape index (κ3) is 6.23. The number of para-hydroxylation sites is 1. The van der Waals surface area contributed by atoms with Crippen molar-refractivity contribution in [1.82, 2.24) is 40.1 Å². The molecule has 3 fully saturated rings. The standard InChI is InChI=1S/C40H44FN11O4/c1-22-25(19-48-9-11-49(12-10-48)26-6-5-23-20-51(40(56)30(23)15-26)33-7-8-35(53)47-39(33)55)13-24-17-45-52(38(24)46-22)28-14-27-18-44-37(43)34(50(27)21-28)16-32(42)29-3-2-4-31(41)36(29)54/h2-6,13,15-17,27-28,33,44,54H,7-12,14,18-21,42-43H2,1H3,(H,47,53,55)/b32-16-. The highest BCUT2D eigenvalue weighted by molar-refractivity contribution is 6.05. The predicted molar refractivity (Wildman–Crippen MR) is 206 cm³/mol. The Bertz CT molecular complexity index is 2350. The largest absolute Gasteiger partial charge is 0.504 e. The van der Waals surface area contributed by atoms with Gasteiger partial charge < -0.3 is 36.6 Å². The molecule has 4 aromatic rings. The van der Waals surface area contributed by atoms with Gasteiger partial charge in [-0.15, -0.1) is 0 Å². The maximum atomic E-state index is 14.1. The number of fused-ring (bicyclic) bond motifs is 3. The molecule has 5 aliphatic heterocycles. The van der Waals surface area contributed by atoms with Crippen LogP contribution in [0.3, 0.4) is 0 Å². The minimum Gasteiger partial charge on any atom is -0.504 e. The van der Waals surface area contributed by atoms with Crippen molar-refractivity contribution in [3.63, 3.8) is 0 Å². The molecule has 0 aliphatic carbocycles. The number of halogens is 1. The Morgan fingerprint density at radius 2 is 1.89 bits per heavy atom. The van der Waals surface area contributed by atoms with Crippen LogP contribution >= 0.6 is 0 Å². The van der Waals surface area contributed by atoms with Crippen molar-refractivity contribution in [2.45, 2.75) is 57.4 Å². The summed E-state index contributed by atoms with van der Waals surface area (Å²) in [7, 11) is 0. The second kappa shape index (κ2) is 13.8. The number of aryl methyl sites for hydroxylation is 1. The molecule has 290 valence electrons. The number of carbonyl (C=O) groups is 3. The molecular formula is C40H44FN11O4. The minimum atomic E-state index is -0.741. The van der Waals surface area contributed by atoms with Crippen molar-refractivity contribution in [3.05, 3.63) is 100 Å². The number of aromatic hydroxyl groups is 1. The fourth-order valence-corrected chi connectivity index (χ4v) is 8.85. The number of piperidine rings is 1. The summed E-state index contributed by atoms with van der Waals surface area (Å²) >= 11 is 0. The molecule has 7 N–H and O–H groups in total. The predicted octanol–water partition coefficient (Wildman–Crippen LogP) is 2.01. The first-order valence-electron chi connectivity index (χ1n) is 19.1. The third-order valence-corrected chi connectivity index (χ3v) is 11.9. The summed E-state index contributed by atoms with van der Waals surface area (Å²) in [4.78, 5) is 51.1. The number of imide groups is 1. The Kier molecular flexibility index (Phi) is 8.79. The summed E-state index contributed by atoms with van der Waals surface area (Å²) in [5, 5.41) is 21.7. The SMILES string of the molecule is Cc1nc2c(cnn2C2CC3CNC(N)=C(/C=C(\N)c4cccc(F)c4O)N3C2)cc1CN1CCN(c2ccc3c(c2)C(=O)N(C2CCC(=O)NC2=O)C3)CC1. The highest BCUT2D eigenvalue weighted by Crippen LogP contribution is 2.36. The van der Waals surface area contributed by atoms with E-state index in [0.717, 1.165) is 72.7 Å². The van der Waals surface area contributed by atoms with Crippen molar-refractivity contribution >= 4 is 40.1 Å². The maximum Gasteiger partial charge on any atom is 0.255 e. The number of nitrogens with one attached hydrogen (secondary N) is 2. The Hall–Kier alpha value is -6.16. The number of anilines is 1. The van der Waals surface area contributed by atoms with Gasteiger partial charge in [-0.2, -0.15) is 5.10 Å². The Morgan fingerprint density at radius 3 is 2.70 bits per heavy atom. The number of hydrogen-bond donors (Lipinski definition) is 5. The zero-order valence-electron chi connectivity index (χ0n) is 31.0. The molecule has 0 saturated carbocycles. The highest BCUT2D eigenvalue weighted by atomic mass is 19.1. The van der Waals surface area contributed by atoms with E-state index >= 15 is 0 Å². The van der Waals surface area contributed by atoms with Gasteiger partial charge in [0.25, 0.3) is 5.91 Å². The summed E-state index contributed by atoms with van der Waals surface area (Å²) in [6.45, 7) is 7.73. The number of nitrogens with two attached hydrogens (primary N) is 2. The van der Waals surface area contributed by atoms with Crippen LogP contribution < -0.4 is 27.0 Å². The van der Waals surface area contributed by atoms with E-state index in [4.69, 9.17) is 21.5 Å². The Balaban J connectivity index is 0.847. The molecule has 5 aliphatic rings. The maximum absolute atomic E-state index is 14.1. The molecule has 3 unspecified atom stereocenters. The second-order valence-corrected chi connectivity index (χ2v) is 15.4. The lowest BCUT2D eigenvalue weighted by Gasteiger charge is -2.36. The van der Waals surface area contributed by atoms with Crippen LogP contribution in [-0.4, -0.2) is 104 Å². The first kappa shape index (κ1) is 35.5. The van der Waals surface area contributed by atoms with Crippen molar-refractivity contribution in [2.75, 3.05) is 44.2 Å². The van der Waals surface area contributed by atoms with Crippen LogP contribution in [0, 0.1) is 12.7 Å². The zero-order chi connectivity index (χ0) is 38.8. The van der Waals surface area contributed by atoms with E-state index in [-0.39, 0.29) is 41.6 Å². The number of carbonyl (C=O) groups excluding carboxylic acids is 3. The number of allylic oxidation sites excluding steroid dienone is 1. The van der Waals surface area contributed by atoms with E-state index in [1.807, 2.05) is 29.9 Å². The molecule has 3 amide bonds. The molecule has 56 heavy (non-hydrogen) atoms. The molecule has 16 heteroatoms. The van der Waals surface area contributed by atoms with E-state index in [0.29, 0.717) is 43.1 Å². The van der Waals surface area contributed by atoms with Gasteiger partial charge in [-0.05, 0) is 67.3 Å². The van der Waals surface area contributed by atoms with Crippen LogP contribution in [0.15, 0.2) is 66.3 Å². The van der Waals surface area contributed by atoms with E-state index < -0.39 is 23.5 Å². The smallest absolute Gasteiger partial charge is 0.255 e. The topological polar surface area (TPSA) is 191 Å². The number of rotatable bonds is 7. The lowest BCUT2D eigenvalue weighted by atomic mass is 10.0. The van der Waals surface area contributed by atoms with Gasteiger partial charge in [0.2, 0.25) is 11.8 Å². The first-order chi connectivity index (χ1) is 27.0. The zero-order valence-corrected chi connectivity index (χ0v) is 31.0. The fraction of sp³-hybridized carbons (Fsp3) is 0.375. The summed E-state index contributed by atoms with van der Waals surface area (Å²) in [5.41, 5.74) is 19.3. The number of aromatic nitrogens is 3. The van der Waals surface area contributed by atoms with Gasteiger partial charge in [0.15, 0.2) is 17.2 Å². The van der Waals surface area contributed by atoms with Crippen LogP contribution in [-0.2, 0) is 22.7 Å². The molecule has 3 saturated heterocycles. The van der Waals surface area contributed by atoms with Crippen LogP contribution in [0.2, 0.25) is 0 Å². The van der Waals surface area contributed by atoms with Gasteiger partial charge in [0, 0.05) is 98.4 Å². The molecule has 15 nitrogen and oxygen atoms in total. The van der Waals surface area contributed by atoms with E-state index in [1.54, 1.807) is 17.0 Å². The Labute approximate surface area is 322 Å². The average Bonchev–Trinajstić information content (AvgIpc) is 3.89. The lowest BCUT2D eigenvalue weighted by molar-refractivity contribution is -0.136. The molecule has 3 atom stereocenters. The third-order valence-electron chi connectivity index (χ3n) is 11.9. The highest BCUT2D eigenvalue weighted by Gasteiger charge is 2.40. The van der Waals surface area contributed by atoms with Gasteiger partial charge in [-0.1, -0.05) is 12.1 Å². The van der Waals surface area contributed by atoms with Gasteiger partial charge in [-0.25, -0.2) is 14.1 Å². The number of hydrogen-bond acceptors (Lipinski definition) is 12. The van der Waals surface area contributed by atoms with Gasteiger partial charge in [-0.3, -0.25) is 24.6 Å². The molecule has 9 rings (SSSR count). The summed E-state index contributed by atoms with van der Waals surface area (Å²) in [6, 6.07) is 12.0. The summed E-state index contributed by atoms with van der Waals surface area (Å²) in [5.74, 6) is -1.63. The lowest BCUT2D eigenvalue weighted by Crippen LogP contribution is -2.52. The molecule has 0 radical (unpaired) electrons. The molecule has 0 spiro atoms. The molecule has 2 aromatic heterocycles. The summed E-state index contributed by atoms with van der Waals surface area (Å²) < 4.78 is 16.1. The Morgan fingerprint density at radius 1 is 1.07 bits per heavy atom. The molecule has 2 aromatic carbocycles. The van der Waals surface area contributed by atoms with Crippen molar-refractivity contribution in [1.29, 1.82) is 0 Å². The fourth-order valence-electron chi connectivity index (χ4n) is 8.85. The van der Waals surface area contributed by atoms with Crippen LogP contribution in [0.4, 0.5) is 10.1 Å². The number of amides is 3. The number of nitrogens with zero attached hydrogens (tertiary/aromatic N) is 7. The number of phenolic OH excluding ortho intramolecular Hbond substituents is 1. The van der Waals surface area contributed by atoms with Crippen LogP contribution in [0.1, 0.15) is 58.0 Å². The normalized spacial score (nSPS) is 23.2. The number of pyridine rings is 1.